The van der Waals surface area contributed by atoms with E-state index in [0.29, 0.717) is 42.9 Å². The van der Waals surface area contributed by atoms with E-state index in [9.17, 15) is 9.50 Å². The van der Waals surface area contributed by atoms with Gasteiger partial charge in [-0.15, -0.1) is 0 Å². The Kier molecular flexibility index (Phi) is 7.58. The van der Waals surface area contributed by atoms with E-state index >= 15 is 4.39 Å². The van der Waals surface area contributed by atoms with E-state index < -0.39 is 11.6 Å². The summed E-state index contributed by atoms with van der Waals surface area (Å²) in [5, 5.41) is 14.7. The van der Waals surface area contributed by atoms with Crippen LogP contribution in [-0.2, 0) is 0 Å². The summed E-state index contributed by atoms with van der Waals surface area (Å²) in [6, 6.07) is 5.50. The van der Waals surface area contributed by atoms with Crippen LogP contribution in [0, 0.1) is 11.6 Å². The van der Waals surface area contributed by atoms with Crippen LogP contribution in [0.2, 0.25) is 5.02 Å². The minimum Gasteiger partial charge on any atom is -0.508 e. The van der Waals surface area contributed by atoms with Crippen molar-refractivity contribution in [1.29, 1.82) is 0 Å². The van der Waals surface area contributed by atoms with Crippen molar-refractivity contribution in [2.75, 3.05) is 50.8 Å². The van der Waals surface area contributed by atoms with Crippen LogP contribution in [-0.4, -0.2) is 82.5 Å². The van der Waals surface area contributed by atoms with Crippen molar-refractivity contribution < 1.29 is 23.4 Å². The number of phenols is 1. The van der Waals surface area contributed by atoms with Gasteiger partial charge in [-0.3, -0.25) is 4.90 Å². The average molecular weight is 625 g/mol. The van der Waals surface area contributed by atoms with E-state index in [2.05, 4.69) is 25.1 Å². The van der Waals surface area contributed by atoms with Crippen LogP contribution in [0.3, 0.4) is 0 Å². The van der Waals surface area contributed by atoms with Gasteiger partial charge >= 0.3 is 6.01 Å². The first-order valence-electron chi connectivity index (χ1n) is 15.4. The molecule has 6 heterocycles. The number of benzene rings is 2. The van der Waals surface area contributed by atoms with Crippen molar-refractivity contribution in [3.63, 3.8) is 0 Å². The van der Waals surface area contributed by atoms with Crippen LogP contribution in [0.4, 0.5) is 14.6 Å². The van der Waals surface area contributed by atoms with Crippen LogP contribution in [0.25, 0.3) is 32.9 Å². The molecule has 0 spiro atoms. The van der Waals surface area contributed by atoms with Crippen LogP contribution in [0.15, 0.2) is 24.3 Å². The molecule has 2 aromatic carbocycles. The van der Waals surface area contributed by atoms with Crippen LogP contribution >= 0.6 is 11.6 Å². The molecule has 2 aromatic heterocycles. The van der Waals surface area contributed by atoms with Gasteiger partial charge in [-0.25, -0.2) is 13.8 Å². The Labute approximate surface area is 259 Å². The van der Waals surface area contributed by atoms with Crippen molar-refractivity contribution in [2.24, 2.45) is 0 Å². The summed E-state index contributed by atoms with van der Waals surface area (Å²) in [6.07, 6.45) is 4.35. The number of piperazine rings is 1. The van der Waals surface area contributed by atoms with E-state index in [0.717, 1.165) is 45.3 Å². The zero-order chi connectivity index (χ0) is 30.6. The number of hydrogen-bond donors (Lipinski definition) is 2. The molecule has 4 aliphatic heterocycles. The highest BCUT2D eigenvalue weighted by Gasteiger charge is 2.45. The second kappa shape index (κ2) is 11.4. The number of aromatic nitrogens is 3. The summed E-state index contributed by atoms with van der Waals surface area (Å²) in [5.74, 6) is -0.876. The molecule has 0 amide bonds. The highest BCUT2D eigenvalue weighted by atomic mass is 35.5. The van der Waals surface area contributed by atoms with Gasteiger partial charge in [0, 0.05) is 30.6 Å². The lowest BCUT2D eigenvalue weighted by Crippen LogP contribution is -2.53. The molecule has 8 rings (SSSR count). The molecule has 0 unspecified atom stereocenters. The maximum absolute atomic E-state index is 16.7. The van der Waals surface area contributed by atoms with Crippen molar-refractivity contribution >= 4 is 39.1 Å². The van der Waals surface area contributed by atoms with Gasteiger partial charge in [0.2, 0.25) is 5.88 Å². The largest absolute Gasteiger partial charge is 0.508 e. The van der Waals surface area contributed by atoms with E-state index in [1.165, 1.54) is 24.3 Å². The Morgan fingerprint density at radius 1 is 1.09 bits per heavy atom. The second-order valence-corrected chi connectivity index (χ2v) is 12.0. The molecule has 232 valence electrons. The fourth-order valence-electron chi connectivity index (χ4n) is 7.25. The highest BCUT2D eigenvalue weighted by molar-refractivity contribution is 6.37. The normalized spacial score (nSPS) is 20.5. The first kappa shape index (κ1) is 29.2. The van der Waals surface area contributed by atoms with Crippen molar-refractivity contribution in [3.05, 3.63) is 40.9 Å². The van der Waals surface area contributed by atoms with E-state index in [4.69, 9.17) is 26.1 Å². The molecule has 0 radical (unpaired) electrons. The number of aromatic hydroxyl groups is 1. The SMILES string of the molecule is CC.Oc1cc(-c2nc3c4c(nc(OCC56CCCN5CCC6)nc4c2F)N2CCNC[C@H]2CO3)c2c(Cl)c(F)ccc2c1. The van der Waals surface area contributed by atoms with Crippen LogP contribution in [0.1, 0.15) is 39.5 Å². The quantitative estimate of drug-likeness (QED) is 0.297. The molecular formula is C32H35ClF2N6O3. The lowest BCUT2D eigenvalue weighted by molar-refractivity contribution is 0.108. The molecule has 0 bridgehead atoms. The number of halogens is 3. The van der Waals surface area contributed by atoms with Gasteiger partial charge < -0.3 is 24.8 Å². The molecule has 4 aromatic rings. The fraction of sp³-hybridized carbons (Fsp3) is 0.469. The molecule has 12 heteroatoms. The van der Waals surface area contributed by atoms with Gasteiger partial charge in [0.05, 0.1) is 16.6 Å². The van der Waals surface area contributed by atoms with Crippen LogP contribution in [0.5, 0.6) is 17.6 Å². The van der Waals surface area contributed by atoms with Crippen molar-refractivity contribution in [2.45, 2.75) is 51.1 Å². The number of hydrogen-bond acceptors (Lipinski definition) is 9. The predicted octanol–water partition coefficient (Wildman–Crippen LogP) is 5.69. The van der Waals surface area contributed by atoms with Gasteiger partial charge in [0.25, 0.3) is 0 Å². The van der Waals surface area contributed by atoms with Gasteiger partial charge in [-0.1, -0.05) is 31.5 Å². The Balaban J connectivity index is 0.00000153. The number of nitrogens with one attached hydrogen (secondary N) is 1. The summed E-state index contributed by atoms with van der Waals surface area (Å²) in [6.45, 7) is 8.88. The molecule has 1 atom stereocenters. The number of phenolic OH excluding ortho intramolecular Hbond substituents is 1. The number of nitrogens with zero attached hydrogens (tertiary/aromatic N) is 5. The molecule has 44 heavy (non-hydrogen) atoms. The molecule has 9 nitrogen and oxygen atoms in total. The summed E-state index contributed by atoms with van der Waals surface area (Å²) in [7, 11) is 0. The molecular weight excluding hydrogens is 590 g/mol. The Morgan fingerprint density at radius 3 is 2.68 bits per heavy atom. The van der Waals surface area contributed by atoms with Gasteiger partial charge in [0.15, 0.2) is 5.82 Å². The number of fused-ring (bicyclic) bond motifs is 4. The Morgan fingerprint density at radius 2 is 1.89 bits per heavy atom. The average Bonchev–Trinajstić information content (AvgIpc) is 3.58. The monoisotopic (exact) mass is 624 g/mol. The molecule has 3 saturated heterocycles. The standard InChI is InChI=1S/C30H29ClF2N6O3.C2H6/c31-23-20(32)4-3-16-11-18(40)12-19(21(16)23)25-24(33)26-22-27(39-10-7-34-13-17(39)14-41-28(22)35-25)37-29(36-26)42-15-30-5-1-8-38(30)9-2-6-30;1-2/h3-4,11-12,17,34,40H,1-2,5-10,13-15H2;1-2H3/t17-;/m0./s1. The first-order chi connectivity index (χ1) is 21.4. The van der Waals surface area contributed by atoms with E-state index in [1.807, 2.05) is 13.8 Å². The Hall–Kier alpha value is -3.54. The topological polar surface area (TPSA) is 95.9 Å². The number of ether oxygens (including phenoxy) is 2. The third kappa shape index (κ3) is 4.67. The highest BCUT2D eigenvalue weighted by Crippen LogP contribution is 2.44. The smallest absolute Gasteiger partial charge is 0.319 e. The lowest BCUT2D eigenvalue weighted by Gasteiger charge is -2.35. The number of pyridine rings is 1. The molecule has 0 aliphatic carbocycles. The summed E-state index contributed by atoms with van der Waals surface area (Å²) in [5.41, 5.74) is -0.0747. The number of anilines is 1. The molecule has 2 N–H and O–H groups in total. The zero-order valence-corrected chi connectivity index (χ0v) is 25.6. The zero-order valence-electron chi connectivity index (χ0n) is 24.8. The van der Waals surface area contributed by atoms with Gasteiger partial charge in [-0.05, 0) is 62.4 Å². The molecule has 3 fully saturated rings. The van der Waals surface area contributed by atoms with Crippen LogP contribution < -0.4 is 19.7 Å². The van der Waals surface area contributed by atoms with Gasteiger partial charge in [-0.2, -0.15) is 9.97 Å². The minimum atomic E-state index is -0.756. The lowest BCUT2D eigenvalue weighted by atomic mass is 9.95. The maximum Gasteiger partial charge on any atom is 0.319 e. The summed E-state index contributed by atoms with van der Waals surface area (Å²) >= 11 is 6.39. The minimum absolute atomic E-state index is 0.00889. The molecule has 0 saturated carbocycles. The summed E-state index contributed by atoms with van der Waals surface area (Å²) in [4.78, 5) is 18.6. The second-order valence-electron chi connectivity index (χ2n) is 11.7. The third-order valence-corrected chi connectivity index (χ3v) is 9.64. The summed E-state index contributed by atoms with van der Waals surface area (Å²) < 4.78 is 43.8. The Bertz CT molecular complexity index is 1750. The fourth-order valence-corrected chi connectivity index (χ4v) is 7.52. The van der Waals surface area contributed by atoms with Crippen molar-refractivity contribution in [1.82, 2.24) is 25.2 Å². The number of rotatable bonds is 4. The van der Waals surface area contributed by atoms with Crippen molar-refractivity contribution in [3.8, 4) is 28.9 Å². The van der Waals surface area contributed by atoms with E-state index in [1.54, 1.807) is 0 Å². The first-order valence-corrected chi connectivity index (χ1v) is 15.8. The molecule has 4 aliphatic rings. The van der Waals surface area contributed by atoms with Gasteiger partial charge in [0.1, 0.15) is 47.2 Å². The predicted molar refractivity (Wildman–Crippen MR) is 166 cm³/mol. The van der Waals surface area contributed by atoms with E-state index in [-0.39, 0.29) is 56.4 Å². The third-order valence-electron chi connectivity index (χ3n) is 9.28. The maximum atomic E-state index is 16.7.